The van der Waals surface area contributed by atoms with Crippen LogP contribution in [0.1, 0.15) is 37.3 Å². The van der Waals surface area contributed by atoms with E-state index in [-0.39, 0.29) is 6.04 Å². The summed E-state index contributed by atoms with van der Waals surface area (Å²) in [5.41, 5.74) is 7.69. The lowest BCUT2D eigenvalue weighted by Gasteiger charge is -2.17. The van der Waals surface area contributed by atoms with E-state index in [0.717, 1.165) is 5.69 Å². The van der Waals surface area contributed by atoms with Crippen molar-refractivity contribution in [2.45, 2.75) is 25.9 Å². The molecule has 0 amide bonds. The number of hydrogen-bond acceptors (Lipinski definition) is 6. The largest absolute Gasteiger partial charge is 0.493 e. The Morgan fingerprint density at radius 3 is 2.40 bits per heavy atom. The van der Waals surface area contributed by atoms with Crippen molar-refractivity contribution < 1.29 is 9.47 Å². The lowest BCUT2D eigenvalue weighted by Crippen LogP contribution is -2.20. The first-order valence-corrected chi connectivity index (χ1v) is 6.33. The van der Waals surface area contributed by atoms with E-state index in [9.17, 15) is 0 Å². The number of aromatic nitrogens is 4. The average Bonchev–Trinajstić information content (AvgIpc) is 2.90. The second-order valence-corrected chi connectivity index (χ2v) is 4.61. The van der Waals surface area contributed by atoms with Gasteiger partial charge >= 0.3 is 0 Å². The summed E-state index contributed by atoms with van der Waals surface area (Å²) in [5.74, 6) is 1.09. The molecule has 7 nitrogen and oxygen atoms in total. The van der Waals surface area contributed by atoms with E-state index in [1.807, 2.05) is 18.5 Å². The zero-order chi connectivity index (χ0) is 14.7. The number of hydrogen-bond donors (Lipinski definition) is 1. The van der Waals surface area contributed by atoms with Crippen molar-refractivity contribution in [2.75, 3.05) is 14.2 Å². The number of rotatable bonds is 5. The Kier molecular flexibility index (Phi) is 4.19. The highest BCUT2D eigenvalue weighted by Gasteiger charge is 2.23. The minimum Gasteiger partial charge on any atom is -0.493 e. The van der Waals surface area contributed by atoms with Crippen LogP contribution in [-0.4, -0.2) is 34.2 Å². The maximum absolute atomic E-state index is 6.28. The monoisotopic (exact) mass is 277 g/mol. The SMILES string of the molecule is COc1ccc(C(N)c2c(OC)cnn2C(C)C)nn1. The van der Waals surface area contributed by atoms with Crippen molar-refractivity contribution in [1.29, 1.82) is 0 Å². The fraction of sp³-hybridized carbons (Fsp3) is 0.462. The van der Waals surface area contributed by atoms with Crippen LogP contribution in [0.25, 0.3) is 0 Å². The van der Waals surface area contributed by atoms with Gasteiger partial charge in [-0.3, -0.25) is 4.68 Å². The van der Waals surface area contributed by atoms with Crippen LogP contribution in [-0.2, 0) is 0 Å². The van der Waals surface area contributed by atoms with E-state index in [1.54, 1.807) is 32.5 Å². The molecular weight excluding hydrogens is 258 g/mol. The Balaban J connectivity index is 2.40. The fourth-order valence-electron chi connectivity index (χ4n) is 1.97. The summed E-state index contributed by atoms with van der Waals surface area (Å²) in [6.07, 6.45) is 1.66. The third kappa shape index (κ3) is 2.57. The summed E-state index contributed by atoms with van der Waals surface area (Å²) in [6.45, 7) is 4.06. The normalized spacial score (nSPS) is 12.5. The quantitative estimate of drug-likeness (QED) is 0.886. The van der Waals surface area contributed by atoms with Gasteiger partial charge in [-0.05, 0) is 19.9 Å². The van der Waals surface area contributed by atoms with Gasteiger partial charge in [-0.2, -0.15) is 5.10 Å². The third-order valence-corrected chi connectivity index (χ3v) is 2.99. The lowest BCUT2D eigenvalue weighted by atomic mass is 10.1. The summed E-state index contributed by atoms with van der Waals surface area (Å²) >= 11 is 0. The van der Waals surface area contributed by atoms with Crippen LogP contribution >= 0.6 is 0 Å². The summed E-state index contributed by atoms with van der Waals surface area (Å²) < 4.78 is 12.1. The number of nitrogens with two attached hydrogens (primary N) is 1. The Morgan fingerprint density at radius 1 is 1.15 bits per heavy atom. The Bertz CT molecular complexity index is 565. The molecule has 0 aliphatic rings. The zero-order valence-corrected chi connectivity index (χ0v) is 12.1. The van der Waals surface area contributed by atoms with E-state index in [2.05, 4.69) is 15.3 Å². The first kappa shape index (κ1) is 14.3. The Labute approximate surface area is 117 Å². The first-order valence-electron chi connectivity index (χ1n) is 6.33. The van der Waals surface area contributed by atoms with Gasteiger partial charge in [0.15, 0.2) is 5.75 Å². The van der Waals surface area contributed by atoms with Gasteiger partial charge in [0, 0.05) is 12.1 Å². The number of methoxy groups -OCH3 is 2. The van der Waals surface area contributed by atoms with E-state index >= 15 is 0 Å². The Hall–Kier alpha value is -2.15. The van der Waals surface area contributed by atoms with E-state index < -0.39 is 6.04 Å². The topological polar surface area (TPSA) is 88.1 Å². The highest BCUT2D eigenvalue weighted by molar-refractivity contribution is 5.34. The Morgan fingerprint density at radius 2 is 1.90 bits per heavy atom. The van der Waals surface area contributed by atoms with Gasteiger partial charge < -0.3 is 15.2 Å². The average molecular weight is 277 g/mol. The van der Waals surface area contributed by atoms with Crippen LogP contribution in [0.5, 0.6) is 11.6 Å². The van der Waals surface area contributed by atoms with Crippen LogP contribution in [0.2, 0.25) is 0 Å². The molecule has 0 radical (unpaired) electrons. The summed E-state index contributed by atoms with van der Waals surface area (Å²) in [5, 5.41) is 12.3. The van der Waals surface area contributed by atoms with Gasteiger partial charge in [0.2, 0.25) is 5.88 Å². The summed E-state index contributed by atoms with van der Waals surface area (Å²) in [7, 11) is 3.14. The van der Waals surface area contributed by atoms with Crippen molar-refractivity contribution in [2.24, 2.45) is 5.73 Å². The molecule has 0 saturated carbocycles. The zero-order valence-electron chi connectivity index (χ0n) is 12.1. The molecule has 0 aromatic carbocycles. The summed E-state index contributed by atoms with van der Waals surface area (Å²) in [6, 6.07) is 3.22. The summed E-state index contributed by atoms with van der Waals surface area (Å²) in [4.78, 5) is 0. The molecule has 2 aromatic heterocycles. The fourth-order valence-corrected chi connectivity index (χ4v) is 1.97. The molecule has 1 atom stereocenters. The van der Waals surface area contributed by atoms with Crippen LogP contribution < -0.4 is 15.2 Å². The molecule has 0 saturated heterocycles. The van der Waals surface area contributed by atoms with Gasteiger partial charge in [0.25, 0.3) is 0 Å². The van der Waals surface area contributed by atoms with Crippen LogP contribution in [0.15, 0.2) is 18.3 Å². The molecule has 0 aliphatic carbocycles. The highest BCUT2D eigenvalue weighted by Crippen LogP contribution is 2.29. The molecule has 108 valence electrons. The molecule has 2 heterocycles. The van der Waals surface area contributed by atoms with E-state index in [0.29, 0.717) is 17.3 Å². The molecule has 0 aliphatic heterocycles. The van der Waals surface area contributed by atoms with Crippen molar-refractivity contribution in [3.8, 4) is 11.6 Å². The van der Waals surface area contributed by atoms with Gasteiger partial charge in [0.1, 0.15) is 5.69 Å². The third-order valence-electron chi connectivity index (χ3n) is 2.99. The van der Waals surface area contributed by atoms with Crippen molar-refractivity contribution in [3.05, 3.63) is 29.7 Å². The van der Waals surface area contributed by atoms with Crippen molar-refractivity contribution in [3.63, 3.8) is 0 Å². The first-order chi connectivity index (χ1) is 9.58. The second-order valence-electron chi connectivity index (χ2n) is 4.61. The molecule has 0 spiro atoms. The molecule has 1 unspecified atom stereocenters. The lowest BCUT2D eigenvalue weighted by molar-refractivity contribution is 0.388. The van der Waals surface area contributed by atoms with Gasteiger partial charge in [0.05, 0.1) is 32.2 Å². The van der Waals surface area contributed by atoms with Crippen LogP contribution in [0.3, 0.4) is 0 Å². The maximum Gasteiger partial charge on any atom is 0.233 e. The number of ether oxygens (including phenoxy) is 2. The molecule has 2 N–H and O–H groups in total. The molecule has 0 bridgehead atoms. The molecule has 20 heavy (non-hydrogen) atoms. The predicted molar refractivity (Wildman–Crippen MR) is 73.8 cm³/mol. The van der Waals surface area contributed by atoms with Gasteiger partial charge in [-0.15, -0.1) is 10.2 Å². The highest BCUT2D eigenvalue weighted by atomic mass is 16.5. The predicted octanol–water partition coefficient (Wildman–Crippen LogP) is 1.32. The number of nitrogens with zero attached hydrogens (tertiary/aromatic N) is 4. The second kappa shape index (κ2) is 5.87. The maximum atomic E-state index is 6.28. The molecular formula is C13H19N5O2. The minimum absolute atomic E-state index is 0.172. The van der Waals surface area contributed by atoms with E-state index in [1.165, 1.54) is 0 Å². The van der Waals surface area contributed by atoms with Gasteiger partial charge in [-0.25, -0.2) is 0 Å². The van der Waals surface area contributed by atoms with Crippen molar-refractivity contribution >= 4 is 0 Å². The molecule has 2 aromatic rings. The van der Waals surface area contributed by atoms with E-state index in [4.69, 9.17) is 15.2 Å². The smallest absolute Gasteiger partial charge is 0.233 e. The van der Waals surface area contributed by atoms with Crippen molar-refractivity contribution in [1.82, 2.24) is 20.0 Å². The van der Waals surface area contributed by atoms with Crippen LogP contribution in [0, 0.1) is 0 Å². The molecule has 0 fully saturated rings. The van der Waals surface area contributed by atoms with Crippen LogP contribution in [0.4, 0.5) is 0 Å². The minimum atomic E-state index is -0.465. The standard InChI is InChI=1S/C13H19N5O2/c1-8(2)18-13(10(19-3)7-15-18)12(14)9-5-6-11(20-4)17-16-9/h5-8,12H,14H2,1-4H3. The molecule has 2 rings (SSSR count). The van der Waals surface area contributed by atoms with Gasteiger partial charge in [-0.1, -0.05) is 0 Å². The molecule has 7 heteroatoms.